The smallest absolute Gasteiger partial charge is 0.0669 e. The first-order valence-electron chi connectivity index (χ1n) is 4.48. The molecule has 1 atom stereocenters. The third-order valence-corrected chi connectivity index (χ3v) is 3.25. The van der Waals surface area contributed by atoms with Gasteiger partial charge in [0.1, 0.15) is 0 Å². The summed E-state index contributed by atoms with van der Waals surface area (Å²) in [5, 5.41) is 3.80. The normalized spacial score (nSPS) is 21.6. The first kappa shape index (κ1) is 9.05. The molecule has 1 aromatic rings. The van der Waals surface area contributed by atoms with Gasteiger partial charge in [-0.2, -0.15) is 0 Å². The van der Waals surface area contributed by atoms with E-state index in [0.29, 0.717) is 5.92 Å². The van der Waals surface area contributed by atoms with E-state index in [4.69, 9.17) is 10.5 Å². The summed E-state index contributed by atoms with van der Waals surface area (Å²) in [5.74, 6) is 0.538. The minimum atomic E-state index is 0.101. The average Bonchev–Trinajstić information content (AvgIpc) is 2.71. The molecule has 2 N–H and O–H groups in total. The van der Waals surface area contributed by atoms with E-state index < -0.39 is 0 Å². The second-order valence-corrected chi connectivity index (χ2v) is 4.11. The van der Waals surface area contributed by atoms with Gasteiger partial charge in [-0.25, -0.2) is 0 Å². The van der Waals surface area contributed by atoms with Crippen LogP contribution in [0.3, 0.4) is 0 Å². The van der Waals surface area contributed by atoms with Gasteiger partial charge in [-0.1, -0.05) is 4.49 Å². The van der Waals surface area contributed by atoms with Crippen molar-refractivity contribution >= 4 is 11.5 Å². The highest BCUT2D eigenvalue weighted by Gasteiger charge is 2.23. The highest BCUT2D eigenvalue weighted by Crippen LogP contribution is 2.28. The maximum Gasteiger partial charge on any atom is 0.0669 e. The summed E-state index contributed by atoms with van der Waals surface area (Å²) >= 11 is 1.40. The molecule has 5 heteroatoms. The molecule has 2 rings (SSSR count). The largest absolute Gasteiger partial charge is 0.381 e. The van der Waals surface area contributed by atoms with E-state index in [9.17, 15) is 0 Å². The van der Waals surface area contributed by atoms with Gasteiger partial charge < -0.3 is 10.5 Å². The second-order valence-electron chi connectivity index (χ2n) is 3.30. The van der Waals surface area contributed by atoms with Crippen LogP contribution in [-0.4, -0.2) is 22.8 Å². The highest BCUT2D eigenvalue weighted by molar-refractivity contribution is 7.05. The predicted molar refractivity (Wildman–Crippen MR) is 50.4 cm³/mol. The molecule has 0 spiro atoms. The van der Waals surface area contributed by atoms with Crippen molar-refractivity contribution in [3.8, 4) is 0 Å². The molecule has 1 unspecified atom stereocenters. The third kappa shape index (κ3) is 2.04. The van der Waals surface area contributed by atoms with Gasteiger partial charge in [0.15, 0.2) is 0 Å². The van der Waals surface area contributed by atoms with Crippen LogP contribution >= 0.6 is 11.5 Å². The van der Waals surface area contributed by atoms with Gasteiger partial charge in [0.2, 0.25) is 0 Å². The molecule has 13 heavy (non-hydrogen) atoms. The number of hydrogen-bond acceptors (Lipinski definition) is 5. The molecule has 1 saturated heterocycles. The maximum atomic E-state index is 6.09. The van der Waals surface area contributed by atoms with E-state index in [2.05, 4.69) is 9.59 Å². The van der Waals surface area contributed by atoms with E-state index in [-0.39, 0.29) is 6.04 Å². The van der Waals surface area contributed by atoms with Crippen LogP contribution in [0.25, 0.3) is 0 Å². The van der Waals surface area contributed by atoms with Crippen molar-refractivity contribution in [2.75, 3.05) is 13.2 Å². The molecule has 1 fully saturated rings. The molecule has 1 aromatic heterocycles. The molecule has 4 nitrogen and oxygen atoms in total. The van der Waals surface area contributed by atoms with E-state index in [0.717, 1.165) is 30.9 Å². The molecule has 0 amide bonds. The number of hydrogen-bond donors (Lipinski definition) is 1. The minimum absolute atomic E-state index is 0.101. The van der Waals surface area contributed by atoms with Crippen LogP contribution in [0.15, 0.2) is 6.20 Å². The summed E-state index contributed by atoms with van der Waals surface area (Å²) in [4.78, 5) is 1.09. The van der Waals surface area contributed by atoms with Gasteiger partial charge in [0, 0.05) is 19.3 Å². The zero-order chi connectivity index (χ0) is 9.10. The maximum absolute atomic E-state index is 6.09. The number of rotatable bonds is 2. The lowest BCUT2D eigenvalue weighted by Crippen LogP contribution is -2.26. The average molecular weight is 199 g/mol. The zero-order valence-electron chi connectivity index (χ0n) is 7.35. The molecule has 0 radical (unpaired) electrons. The quantitative estimate of drug-likeness (QED) is 0.770. The molecular formula is C8H13N3OS. The Morgan fingerprint density at radius 3 is 2.92 bits per heavy atom. The standard InChI is InChI=1S/C8H13N3OS/c9-8(7-5-10-11-13-7)6-1-3-12-4-2-6/h5-6,8H,1-4,9H2. The number of nitrogens with zero attached hydrogens (tertiary/aromatic N) is 2. The van der Waals surface area contributed by atoms with Crippen LogP contribution in [0.1, 0.15) is 23.8 Å². The molecule has 0 saturated carbocycles. The number of aromatic nitrogens is 2. The minimum Gasteiger partial charge on any atom is -0.381 e. The third-order valence-electron chi connectivity index (χ3n) is 2.48. The predicted octanol–water partition coefficient (Wildman–Crippen LogP) is 0.964. The van der Waals surface area contributed by atoms with E-state index in [1.165, 1.54) is 11.5 Å². The lowest BCUT2D eigenvalue weighted by Gasteiger charge is -2.26. The van der Waals surface area contributed by atoms with Crippen molar-refractivity contribution in [1.29, 1.82) is 0 Å². The lowest BCUT2D eigenvalue weighted by molar-refractivity contribution is 0.0587. The van der Waals surface area contributed by atoms with Crippen LogP contribution in [0, 0.1) is 5.92 Å². The Morgan fingerprint density at radius 2 is 2.31 bits per heavy atom. The molecule has 1 aliphatic heterocycles. The molecule has 1 aliphatic rings. The summed E-state index contributed by atoms with van der Waals surface area (Å²) < 4.78 is 9.10. The molecular weight excluding hydrogens is 186 g/mol. The van der Waals surface area contributed by atoms with Crippen molar-refractivity contribution in [2.45, 2.75) is 18.9 Å². The van der Waals surface area contributed by atoms with Crippen LogP contribution in [0.2, 0.25) is 0 Å². The Morgan fingerprint density at radius 1 is 1.54 bits per heavy atom. The molecule has 0 aromatic carbocycles. The van der Waals surface area contributed by atoms with Gasteiger partial charge in [-0.05, 0) is 30.3 Å². The molecule has 0 bridgehead atoms. The summed E-state index contributed by atoms with van der Waals surface area (Å²) in [6.45, 7) is 1.68. The number of ether oxygens (including phenoxy) is 1. The fourth-order valence-electron chi connectivity index (χ4n) is 1.63. The molecule has 2 heterocycles. The monoisotopic (exact) mass is 199 g/mol. The Balaban J connectivity index is 1.99. The summed E-state index contributed by atoms with van der Waals surface area (Å²) in [7, 11) is 0. The first-order valence-corrected chi connectivity index (χ1v) is 5.26. The van der Waals surface area contributed by atoms with Gasteiger partial charge in [-0.15, -0.1) is 5.10 Å². The van der Waals surface area contributed by atoms with Crippen molar-refractivity contribution in [3.63, 3.8) is 0 Å². The van der Waals surface area contributed by atoms with Gasteiger partial charge in [-0.3, -0.25) is 0 Å². The fourth-order valence-corrected chi connectivity index (χ4v) is 2.23. The van der Waals surface area contributed by atoms with E-state index >= 15 is 0 Å². The van der Waals surface area contributed by atoms with Crippen molar-refractivity contribution in [2.24, 2.45) is 11.7 Å². The zero-order valence-corrected chi connectivity index (χ0v) is 8.17. The van der Waals surface area contributed by atoms with Gasteiger partial charge in [0.25, 0.3) is 0 Å². The Kier molecular flexibility index (Phi) is 2.87. The Hall–Kier alpha value is -0.520. The van der Waals surface area contributed by atoms with Gasteiger partial charge >= 0.3 is 0 Å². The Labute approximate surface area is 81.3 Å². The lowest BCUT2D eigenvalue weighted by atomic mass is 9.92. The van der Waals surface area contributed by atoms with Crippen molar-refractivity contribution < 1.29 is 4.74 Å². The van der Waals surface area contributed by atoms with Crippen LogP contribution in [-0.2, 0) is 4.74 Å². The Bertz CT molecular complexity index is 246. The van der Waals surface area contributed by atoms with E-state index in [1.54, 1.807) is 6.20 Å². The van der Waals surface area contributed by atoms with Gasteiger partial charge in [0.05, 0.1) is 11.1 Å². The van der Waals surface area contributed by atoms with Crippen molar-refractivity contribution in [3.05, 3.63) is 11.1 Å². The van der Waals surface area contributed by atoms with E-state index in [1.807, 2.05) is 0 Å². The molecule has 72 valence electrons. The summed E-state index contributed by atoms with van der Waals surface area (Å²) in [6.07, 6.45) is 3.88. The summed E-state index contributed by atoms with van der Waals surface area (Å²) in [6, 6.07) is 0.101. The second kappa shape index (κ2) is 4.13. The van der Waals surface area contributed by atoms with Crippen LogP contribution < -0.4 is 5.73 Å². The molecule has 0 aliphatic carbocycles. The SMILES string of the molecule is NC(c1cnns1)C1CCOCC1. The van der Waals surface area contributed by atoms with Crippen LogP contribution in [0.4, 0.5) is 0 Å². The fraction of sp³-hybridized carbons (Fsp3) is 0.750. The van der Waals surface area contributed by atoms with Crippen LogP contribution in [0.5, 0.6) is 0 Å². The number of nitrogens with two attached hydrogens (primary N) is 1. The first-order chi connectivity index (χ1) is 6.38. The summed E-state index contributed by atoms with van der Waals surface area (Å²) in [5.41, 5.74) is 6.09. The van der Waals surface area contributed by atoms with Crippen molar-refractivity contribution in [1.82, 2.24) is 9.59 Å². The highest BCUT2D eigenvalue weighted by atomic mass is 32.1. The topological polar surface area (TPSA) is 61.0 Å².